The van der Waals surface area contributed by atoms with Crippen LogP contribution in [-0.4, -0.2) is 46.1 Å². The number of rotatable bonds is 9. The van der Waals surface area contributed by atoms with E-state index in [4.69, 9.17) is 9.47 Å². The average Bonchev–Trinajstić information content (AvgIpc) is 2.46. The largest absolute Gasteiger partial charge is 0.355 e. The van der Waals surface area contributed by atoms with Crippen molar-refractivity contribution in [3.63, 3.8) is 0 Å². The number of ether oxygens (including phenoxy) is 2. The van der Waals surface area contributed by atoms with Gasteiger partial charge in [0.1, 0.15) is 5.82 Å². The van der Waals surface area contributed by atoms with Crippen LogP contribution in [0.4, 0.5) is 4.39 Å². The van der Waals surface area contributed by atoms with Crippen molar-refractivity contribution >= 4 is 18.3 Å². The number of amides is 1. The third-order valence-corrected chi connectivity index (χ3v) is 2.77. The zero-order chi connectivity index (χ0) is 14.8. The molecule has 5 nitrogen and oxygen atoms in total. The molecule has 1 aromatic carbocycles. The van der Waals surface area contributed by atoms with E-state index in [2.05, 4.69) is 10.6 Å². The lowest BCUT2D eigenvalue weighted by Crippen LogP contribution is -2.38. The van der Waals surface area contributed by atoms with Gasteiger partial charge in [0.05, 0.1) is 6.54 Å². The van der Waals surface area contributed by atoms with Gasteiger partial charge in [0, 0.05) is 27.3 Å². The molecule has 21 heavy (non-hydrogen) atoms. The van der Waals surface area contributed by atoms with Gasteiger partial charge in [-0.2, -0.15) is 0 Å². The van der Waals surface area contributed by atoms with E-state index in [-0.39, 0.29) is 37.0 Å². The van der Waals surface area contributed by atoms with E-state index in [1.54, 1.807) is 26.4 Å². The Hall–Kier alpha value is -1.21. The fraction of sp³-hybridized carbons (Fsp3) is 0.500. The molecule has 0 aliphatic carbocycles. The standard InChI is InChI=1S/C14H21FN2O3.ClH/c1-19-14(20-2)10-16-9-13(18)17-8-7-11-3-5-12(15)6-4-11;/h3-6,14,16H,7-10H2,1-2H3,(H,17,18);1H. The second-order valence-corrected chi connectivity index (χ2v) is 4.26. The van der Waals surface area contributed by atoms with Gasteiger partial charge in [-0.05, 0) is 24.1 Å². The number of hydrogen-bond acceptors (Lipinski definition) is 4. The van der Waals surface area contributed by atoms with E-state index in [1.807, 2.05) is 0 Å². The van der Waals surface area contributed by atoms with Gasteiger partial charge in [-0.25, -0.2) is 4.39 Å². The molecule has 0 bridgehead atoms. The Balaban J connectivity index is 0.00000400. The van der Waals surface area contributed by atoms with E-state index in [0.29, 0.717) is 19.5 Å². The number of halogens is 2. The molecule has 0 aromatic heterocycles. The highest BCUT2D eigenvalue weighted by atomic mass is 35.5. The first kappa shape index (κ1) is 19.8. The molecule has 0 spiro atoms. The minimum Gasteiger partial charge on any atom is -0.355 e. The van der Waals surface area contributed by atoms with Crippen LogP contribution in [0.5, 0.6) is 0 Å². The minimum absolute atomic E-state index is 0. The molecule has 1 aromatic rings. The van der Waals surface area contributed by atoms with Crippen LogP contribution in [0.15, 0.2) is 24.3 Å². The number of benzene rings is 1. The van der Waals surface area contributed by atoms with E-state index < -0.39 is 0 Å². The van der Waals surface area contributed by atoms with E-state index in [1.165, 1.54) is 12.1 Å². The van der Waals surface area contributed by atoms with Crippen molar-refractivity contribution in [3.8, 4) is 0 Å². The van der Waals surface area contributed by atoms with Gasteiger partial charge in [0.15, 0.2) is 6.29 Å². The Morgan fingerprint density at radius 2 is 1.86 bits per heavy atom. The summed E-state index contributed by atoms with van der Waals surface area (Å²) in [5, 5.41) is 5.71. The molecule has 0 heterocycles. The van der Waals surface area contributed by atoms with E-state index in [0.717, 1.165) is 5.56 Å². The predicted octanol–water partition coefficient (Wildman–Crippen LogP) is 1.11. The highest BCUT2D eigenvalue weighted by molar-refractivity contribution is 5.85. The first-order valence-corrected chi connectivity index (χ1v) is 6.43. The third kappa shape index (κ3) is 8.62. The lowest BCUT2D eigenvalue weighted by molar-refractivity contribution is -0.121. The van der Waals surface area contributed by atoms with Crippen LogP contribution >= 0.6 is 12.4 Å². The van der Waals surface area contributed by atoms with Crippen LogP contribution < -0.4 is 10.6 Å². The monoisotopic (exact) mass is 320 g/mol. The maximum atomic E-state index is 12.7. The normalized spacial score (nSPS) is 10.3. The van der Waals surface area contributed by atoms with Gasteiger partial charge in [0.25, 0.3) is 0 Å². The molecule has 0 saturated heterocycles. The SMILES string of the molecule is COC(CNCC(=O)NCCc1ccc(F)cc1)OC.Cl. The van der Waals surface area contributed by atoms with Crippen LogP contribution in [0.3, 0.4) is 0 Å². The summed E-state index contributed by atoms with van der Waals surface area (Å²) in [4.78, 5) is 11.5. The molecule has 0 atom stereocenters. The topological polar surface area (TPSA) is 59.6 Å². The zero-order valence-corrected chi connectivity index (χ0v) is 13.0. The van der Waals surface area contributed by atoms with E-state index in [9.17, 15) is 9.18 Å². The Morgan fingerprint density at radius 1 is 1.24 bits per heavy atom. The Labute approximate surface area is 130 Å². The first-order valence-electron chi connectivity index (χ1n) is 6.43. The van der Waals surface area contributed by atoms with Crippen molar-refractivity contribution in [1.29, 1.82) is 0 Å². The Kier molecular flexibility index (Phi) is 10.8. The molecule has 0 aliphatic rings. The first-order chi connectivity index (χ1) is 9.65. The van der Waals surface area contributed by atoms with Gasteiger partial charge >= 0.3 is 0 Å². The lowest BCUT2D eigenvalue weighted by atomic mass is 10.1. The number of methoxy groups -OCH3 is 2. The zero-order valence-electron chi connectivity index (χ0n) is 12.2. The van der Waals surface area contributed by atoms with Crippen molar-refractivity contribution in [2.24, 2.45) is 0 Å². The number of carbonyl (C=O) groups excluding carboxylic acids is 1. The van der Waals surface area contributed by atoms with Crippen molar-refractivity contribution in [2.45, 2.75) is 12.7 Å². The summed E-state index contributed by atoms with van der Waals surface area (Å²) in [5.41, 5.74) is 0.985. The average molecular weight is 321 g/mol. The number of nitrogens with one attached hydrogen (secondary N) is 2. The summed E-state index contributed by atoms with van der Waals surface area (Å²) in [6, 6.07) is 6.24. The van der Waals surface area contributed by atoms with Crippen LogP contribution in [0.2, 0.25) is 0 Å². The summed E-state index contributed by atoms with van der Waals surface area (Å²) in [7, 11) is 3.08. The molecule has 0 saturated carbocycles. The predicted molar refractivity (Wildman–Crippen MR) is 81.0 cm³/mol. The molecule has 2 N–H and O–H groups in total. The molecule has 1 rings (SSSR count). The van der Waals surface area contributed by atoms with Crippen LogP contribution in [0.1, 0.15) is 5.56 Å². The Morgan fingerprint density at radius 3 is 2.43 bits per heavy atom. The lowest BCUT2D eigenvalue weighted by Gasteiger charge is -2.13. The second-order valence-electron chi connectivity index (χ2n) is 4.26. The maximum absolute atomic E-state index is 12.7. The van der Waals surface area contributed by atoms with Crippen molar-refractivity contribution in [1.82, 2.24) is 10.6 Å². The quantitative estimate of drug-likeness (QED) is 0.669. The molecule has 120 valence electrons. The molecule has 0 radical (unpaired) electrons. The Bertz CT molecular complexity index is 400. The third-order valence-electron chi connectivity index (χ3n) is 2.77. The fourth-order valence-electron chi connectivity index (χ4n) is 1.63. The molecule has 0 unspecified atom stereocenters. The summed E-state index contributed by atoms with van der Waals surface area (Å²) in [6.07, 6.45) is 0.312. The van der Waals surface area contributed by atoms with Gasteiger partial charge < -0.3 is 20.1 Å². The minimum atomic E-state index is -0.359. The fourth-order valence-corrected chi connectivity index (χ4v) is 1.63. The van der Waals surface area contributed by atoms with Gasteiger partial charge in [-0.1, -0.05) is 12.1 Å². The molecular formula is C14H22ClFN2O3. The molecule has 1 amide bonds. The van der Waals surface area contributed by atoms with Crippen LogP contribution in [0.25, 0.3) is 0 Å². The summed E-state index contributed by atoms with van der Waals surface area (Å²) in [5.74, 6) is -0.356. The molecule has 0 aliphatic heterocycles. The number of carbonyl (C=O) groups is 1. The summed E-state index contributed by atoms with van der Waals surface area (Å²) < 4.78 is 22.7. The van der Waals surface area contributed by atoms with Crippen molar-refractivity contribution in [3.05, 3.63) is 35.6 Å². The maximum Gasteiger partial charge on any atom is 0.233 e. The van der Waals surface area contributed by atoms with Gasteiger partial charge in [-0.3, -0.25) is 4.79 Å². The van der Waals surface area contributed by atoms with E-state index >= 15 is 0 Å². The number of hydrogen-bond donors (Lipinski definition) is 2. The molecule has 0 fully saturated rings. The smallest absolute Gasteiger partial charge is 0.233 e. The highest BCUT2D eigenvalue weighted by Gasteiger charge is 2.06. The van der Waals surface area contributed by atoms with Crippen molar-refractivity contribution in [2.75, 3.05) is 33.9 Å². The molecule has 7 heteroatoms. The molecular weight excluding hydrogens is 299 g/mol. The highest BCUT2D eigenvalue weighted by Crippen LogP contribution is 2.02. The van der Waals surface area contributed by atoms with Crippen molar-refractivity contribution < 1.29 is 18.7 Å². The summed E-state index contributed by atoms with van der Waals surface area (Å²) in [6.45, 7) is 1.16. The van der Waals surface area contributed by atoms with Gasteiger partial charge in [0.2, 0.25) is 5.91 Å². The van der Waals surface area contributed by atoms with Crippen LogP contribution in [0, 0.1) is 5.82 Å². The van der Waals surface area contributed by atoms with Gasteiger partial charge in [-0.15, -0.1) is 12.4 Å². The summed E-state index contributed by atoms with van der Waals surface area (Å²) >= 11 is 0. The second kappa shape index (κ2) is 11.4. The van der Waals surface area contributed by atoms with Crippen LogP contribution in [-0.2, 0) is 20.7 Å².